The largest absolute Gasteiger partial charge is 0.466 e. The highest BCUT2D eigenvalue weighted by molar-refractivity contribution is 7.88. The van der Waals surface area contributed by atoms with Crippen LogP contribution in [0.5, 0.6) is 0 Å². The lowest BCUT2D eigenvalue weighted by Crippen LogP contribution is -2.42. The highest BCUT2D eigenvalue weighted by Gasteiger charge is 2.34. The maximum Gasteiger partial charge on any atom is 0.212 e. The number of rotatable bonds is 7. The van der Waals surface area contributed by atoms with Crippen molar-refractivity contribution in [3.63, 3.8) is 0 Å². The van der Waals surface area contributed by atoms with E-state index in [1.54, 1.807) is 0 Å². The third-order valence-electron chi connectivity index (χ3n) is 4.64. The minimum Gasteiger partial charge on any atom is -0.466 e. The van der Waals surface area contributed by atoms with E-state index in [1.165, 1.54) is 34.9 Å². The summed E-state index contributed by atoms with van der Waals surface area (Å²) in [4.78, 5) is 0. The molecule has 0 saturated carbocycles. The van der Waals surface area contributed by atoms with Crippen LogP contribution < -0.4 is 0 Å². The van der Waals surface area contributed by atoms with Crippen LogP contribution >= 0.6 is 0 Å². The molecule has 0 saturated heterocycles. The van der Waals surface area contributed by atoms with Crippen LogP contribution in [0, 0.1) is 0 Å². The summed E-state index contributed by atoms with van der Waals surface area (Å²) in [6, 6.07) is 7.48. The molecule has 0 spiro atoms. The zero-order valence-corrected chi connectivity index (χ0v) is 16.5. The molecule has 0 N–H and O–H groups in total. The molecule has 0 aromatic heterocycles. The van der Waals surface area contributed by atoms with Gasteiger partial charge in [-0.1, -0.05) is 49.4 Å². The van der Waals surface area contributed by atoms with Crippen LogP contribution in [0.4, 0.5) is 0 Å². The Labute approximate surface area is 161 Å². The first-order valence-electron chi connectivity index (χ1n) is 9.06. The van der Waals surface area contributed by atoms with Crippen LogP contribution in [0.2, 0.25) is 0 Å². The first-order valence-corrected chi connectivity index (χ1v) is 10.9. The van der Waals surface area contributed by atoms with E-state index in [0.29, 0.717) is 5.76 Å². The standard InChI is InChI=1S/C21H25NO4S/c1-3-17-8-7-9-18(14-17)15-22(27(2,23)24)21(19-10-5-4-6-11-19)20-16-25-12-13-26-20/h4-5,7-10,12-14,16,21H,3,6,11,15H2,1-2H3. The topological polar surface area (TPSA) is 55.8 Å². The molecule has 144 valence electrons. The van der Waals surface area contributed by atoms with Crippen LogP contribution in [0.15, 0.2) is 72.6 Å². The SMILES string of the molecule is CCc1cccc(CN(C(C2=CC=CCC2)C2=COC=CO2)S(C)(=O)=O)c1. The number of nitrogens with zero attached hydrogens (tertiary/aromatic N) is 1. The molecule has 1 aromatic rings. The van der Waals surface area contributed by atoms with E-state index in [2.05, 4.69) is 19.1 Å². The summed E-state index contributed by atoms with van der Waals surface area (Å²) < 4.78 is 37.9. The quantitative estimate of drug-likeness (QED) is 0.709. The molecule has 1 heterocycles. The Bertz CT molecular complexity index is 897. The summed E-state index contributed by atoms with van der Waals surface area (Å²) in [5.74, 6) is 0.469. The van der Waals surface area contributed by atoms with Gasteiger partial charge in [-0.2, -0.15) is 4.31 Å². The minimum absolute atomic E-state index is 0.267. The second kappa shape index (κ2) is 8.59. The van der Waals surface area contributed by atoms with Crippen molar-refractivity contribution in [3.8, 4) is 0 Å². The molecule has 1 aliphatic carbocycles. The second-order valence-corrected chi connectivity index (χ2v) is 8.57. The second-order valence-electron chi connectivity index (χ2n) is 6.64. The van der Waals surface area contributed by atoms with Gasteiger partial charge in [0.1, 0.15) is 24.8 Å². The van der Waals surface area contributed by atoms with Crippen LogP contribution in [-0.2, 0) is 32.5 Å². The number of ether oxygens (including phenoxy) is 2. The highest BCUT2D eigenvalue weighted by atomic mass is 32.2. The molecular formula is C21H25NO4S. The van der Waals surface area contributed by atoms with Crippen LogP contribution in [0.1, 0.15) is 30.9 Å². The highest BCUT2D eigenvalue weighted by Crippen LogP contribution is 2.30. The van der Waals surface area contributed by atoms with E-state index in [-0.39, 0.29) is 6.54 Å². The van der Waals surface area contributed by atoms with Gasteiger partial charge in [0.05, 0.1) is 6.26 Å². The van der Waals surface area contributed by atoms with Gasteiger partial charge in [-0.3, -0.25) is 0 Å². The van der Waals surface area contributed by atoms with Gasteiger partial charge in [0.25, 0.3) is 0 Å². The lowest BCUT2D eigenvalue weighted by atomic mass is 9.96. The number of hydrogen-bond donors (Lipinski definition) is 0. The van der Waals surface area contributed by atoms with Crippen molar-refractivity contribution in [1.82, 2.24) is 4.31 Å². The number of aryl methyl sites for hydroxylation is 1. The first kappa shape index (κ1) is 19.5. The van der Waals surface area contributed by atoms with E-state index in [1.807, 2.05) is 30.4 Å². The number of benzene rings is 1. The Balaban J connectivity index is 2.01. The van der Waals surface area contributed by atoms with Gasteiger partial charge in [-0.15, -0.1) is 0 Å². The van der Waals surface area contributed by atoms with Gasteiger partial charge in [-0.05, 0) is 36.0 Å². The summed E-state index contributed by atoms with van der Waals surface area (Å²) in [6.07, 6.45) is 14.1. The third-order valence-corrected chi connectivity index (χ3v) is 5.83. The van der Waals surface area contributed by atoms with E-state index in [0.717, 1.165) is 30.4 Å². The molecule has 1 atom stereocenters. The molecular weight excluding hydrogens is 362 g/mol. The molecule has 0 radical (unpaired) electrons. The van der Waals surface area contributed by atoms with Gasteiger partial charge in [-0.25, -0.2) is 8.42 Å². The predicted molar refractivity (Wildman–Crippen MR) is 106 cm³/mol. The van der Waals surface area contributed by atoms with Gasteiger partial charge >= 0.3 is 0 Å². The van der Waals surface area contributed by atoms with Crippen LogP contribution in [0.25, 0.3) is 0 Å². The monoisotopic (exact) mass is 387 g/mol. The molecule has 1 aromatic carbocycles. The molecule has 3 rings (SSSR count). The van der Waals surface area contributed by atoms with Gasteiger partial charge in [0.15, 0.2) is 5.76 Å². The maximum absolute atomic E-state index is 12.8. The fourth-order valence-corrected chi connectivity index (χ4v) is 4.29. The zero-order valence-electron chi connectivity index (χ0n) is 15.7. The molecule has 0 amide bonds. The Morgan fingerprint density at radius 1 is 1.22 bits per heavy atom. The average Bonchev–Trinajstić information content (AvgIpc) is 2.68. The van der Waals surface area contributed by atoms with E-state index in [9.17, 15) is 8.42 Å². The normalized spacial score (nSPS) is 17.7. The minimum atomic E-state index is -3.51. The Kier molecular flexibility index (Phi) is 6.19. The van der Waals surface area contributed by atoms with E-state index < -0.39 is 16.1 Å². The summed E-state index contributed by atoms with van der Waals surface area (Å²) in [7, 11) is -3.51. The third kappa shape index (κ3) is 4.90. The van der Waals surface area contributed by atoms with Crippen molar-refractivity contribution in [1.29, 1.82) is 0 Å². The smallest absolute Gasteiger partial charge is 0.212 e. The summed E-state index contributed by atoms with van der Waals surface area (Å²) >= 11 is 0. The Morgan fingerprint density at radius 3 is 2.67 bits per heavy atom. The number of allylic oxidation sites excluding steroid dienone is 3. The lowest BCUT2D eigenvalue weighted by Gasteiger charge is -2.33. The maximum atomic E-state index is 12.8. The van der Waals surface area contributed by atoms with Crippen molar-refractivity contribution < 1.29 is 17.9 Å². The van der Waals surface area contributed by atoms with Crippen molar-refractivity contribution in [3.05, 3.63) is 83.7 Å². The average molecular weight is 388 g/mol. The lowest BCUT2D eigenvalue weighted by molar-refractivity contribution is 0.204. The van der Waals surface area contributed by atoms with Crippen LogP contribution in [-0.4, -0.2) is 25.0 Å². The van der Waals surface area contributed by atoms with Crippen molar-refractivity contribution in [2.45, 2.75) is 38.8 Å². The fraction of sp³-hybridized carbons (Fsp3) is 0.333. The van der Waals surface area contributed by atoms with Crippen molar-refractivity contribution >= 4 is 10.0 Å². The molecule has 6 heteroatoms. The number of hydrogen-bond acceptors (Lipinski definition) is 4. The zero-order chi connectivity index (χ0) is 19.3. The van der Waals surface area contributed by atoms with Gasteiger partial charge in [0.2, 0.25) is 10.0 Å². The van der Waals surface area contributed by atoms with E-state index >= 15 is 0 Å². The molecule has 5 nitrogen and oxygen atoms in total. The summed E-state index contributed by atoms with van der Waals surface area (Å²) in [5.41, 5.74) is 3.11. The van der Waals surface area contributed by atoms with Gasteiger partial charge in [0, 0.05) is 6.54 Å². The first-order chi connectivity index (χ1) is 13.0. The van der Waals surface area contributed by atoms with Crippen LogP contribution in [0.3, 0.4) is 0 Å². The molecule has 2 aliphatic rings. The fourth-order valence-electron chi connectivity index (χ4n) is 3.29. The van der Waals surface area contributed by atoms with Gasteiger partial charge < -0.3 is 9.47 Å². The Morgan fingerprint density at radius 2 is 2.04 bits per heavy atom. The predicted octanol–water partition coefficient (Wildman–Crippen LogP) is 4.02. The van der Waals surface area contributed by atoms with Crippen molar-refractivity contribution in [2.24, 2.45) is 0 Å². The van der Waals surface area contributed by atoms with Crippen molar-refractivity contribution in [2.75, 3.05) is 6.26 Å². The molecule has 1 aliphatic heterocycles. The Hall–Kier alpha value is -2.31. The number of sulfonamides is 1. The summed E-state index contributed by atoms with van der Waals surface area (Å²) in [6.45, 7) is 2.35. The summed E-state index contributed by atoms with van der Waals surface area (Å²) in [5, 5.41) is 0. The molecule has 0 fully saturated rings. The molecule has 1 unspecified atom stereocenters. The molecule has 0 bridgehead atoms. The molecule has 27 heavy (non-hydrogen) atoms. The van der Waals surface area contributed by atoms with E-state index in [4.69, 9.17) is 9.47 Å².